The second-order valence-electron chi connectivity index (χ2n) is 13.8. The molecule has 0 N–H and O–H groups in total. The molecule has 0 saturated heterocycles. The van der Waals surface area contributed by atoms with E-state index < -0.39 is 0 Å². The van der Waals surface area contributed by atoms with Crippen molar-refractivity contribution in [3.8, 4) is 22.3 Å². The molecule has 1 atom stereocenters. The third-order valence-corrected chi connectivity index (χ3v) is 9.94. The van der Waals surface area contributed by atoms with Crippen LogP contribution in [0.15, 0.2) is 114 Å². The van der Waals surface area contributed by atoms with Crippen molar-refractivity contribution in [1.82, 2.24) is 0 Å². The summed E-state index contributed by atoms with van der Waals surface area (Å²) in [7, 11) is 0. The summed E-state index contributed by atoms with van der Waals surface area (Å²) in [5, 5.41) is 11.6. The van der Waals surface area contributed by atoms with Crippen molar-refractivity contribution in [3.63, 3.8) is 0 Å². The maximum absolute atomic E-state index is 6.78. The number of fused-ring (bicyclic) bond motifs is 4. The summed E-state index contributed by atoms with van der Waals surface area (Å²) in [5.41, 5.74) is 8.55. The molecule has 0 spiro atoms. The van der Waals surface area contributed by atoms with Crippen LogP contribution in [-0.4, -0.2) is 0 Å². The topological polar surface area (TPSA) is 13.1 Å². The second-order valence-corrected chi connectivity index (χ2v) is 13.8. The molecule has 0 fully saturated rings. The largest absolute Gasteiger partial charge is 0.459 e. The summed E-state index contributed by atoms with van der Waals surface area (Å²) in [6.07, 6.45) is 5.56. The van der Waals surface area contributed by atoms with E-state index >= 15 is 0 Å². The molecule has 1 heteroatoms. The number of para-hydroxylation sites is 1. The Hall–Kier alpha value is -4.88. The summed E-state index contributed by atoms with van der Waals surface area (Å²) in [4.78, 5) is 0. The van der Waals surface area contributed by atoms with Gasteiger partial charge in [-0.05, 0) is 89.3 Å². The molecule has 44 heavy (non-hydrogen) atoms. The van der Waals surface area contributed by atoms with Crippen molar-refractivity contribution in [3.05, 3.63) is 126 Å². The first-order chi connectivity index (χ1) is 21.3. The van der Waals surface area contributed by atoms with Crippen LogP contribution in [0.25, 0.3) is 82.4 Å². The van der Waals surface area contributed by atoms with Crippen LogP contribution in [-0.2, 0) is 5.41 Å². The predicted molar refractivity (Wildman–Crippen MR) is 189 cm³/mol. The van der Waals surface area contributed by atoms with Crippen LogP contribution < -0.4 is 0 Å². The lowest BCUT2D eigenvalue weighted by molar-refractivity contribution is 0.504. The number of rotatable bonds is 2. The van der Waals surface area contributed by atoms with Gasteiger partial charge in [-0.1, -0.05) is 131 Å². The molecule has 0 aliphatic heterocycles. The standard InChI is InChI=1S/C43H34O/c1-25-9-7-12-34-35-13-8-14-36(42(35)44-41(25)34)38-24-37(28-16-15-26-10-5-6-11-27(26)21-28)32-19-17-29-22-31(43(2,3)4)23-30-18-20-33(38)40(32)39(29)30/h5-8,10-25H,9H2,1-4H3. The van der Waals surface area contributed by atoms with E-state index in [1.807, 2.05) is 0 Å². The van der Waals surface area contributed by atoms with E-state index in [1.54, 1.807) is 0 Å². The number of hydrogen-bond donors (Lipinski definition) is 0. The molecule has 7 aromatic carbocycles. The van der Waals surface area contributed by atoms with E-state index in [9.17, 15) is 0 Å². The maximum Gasteiger partial charge on any atom is 0.142 e. The molecule has 212 valence electrons. The first-order valence-corrected chi connectivity index (χ1v) is 15.8. The molecule has 0 saturated carbocycles. The monoisotopic (exact) mass is 566 g/mol. The van der Waals surface area contributed by atoms with Gasteiger partial charge < -0.3 is 4.42 Å². The summed E-state index contributed by atoms with van der Waals surface area (Å²) in [6.45, 7) is 9.17. The molecule has 1 aromatic heterocycles. The highest BCUT2D eigenvalue weighted by Crippen LogP contribution is 2.48. The lowest BCUT2D eigenvalue weighted by Crippen LogP contribution is -2.10. The molecule has 9 rings (SSSR count). The van der Waals surface area contributed by atoms with Gasteiger partial charge in [0.15, 0.2) is 0 Å². The molecule has 8 aromatic rings. The predicted octanol–water partition coefficient (Wildman–Crippen LogP) is 12.6. The molecule has 0 bridgehead atoms. The van der Waals surface area contributed by atoms with Crippen LogP contribution in [0.1, 0.15) is 56.9 Å². The minimum Gasteiger partial charge on any atom is -0.459 e. The van der Waals surface area contributed by atoms with Crippen molar-refractivity contribution in [2.75, 3.05) is 0 Å². The van der Waals surface area contributed by atoms with Gasteiger partial charge in [-0.25, -0.2) is 0 Å². The van der Waals surface area contributed by atoms with Crippen LogP contribution >= 0.6 is 0 Å². The van der Waals surface area contributed by atoms with E-state index in [1.165, 1.54) is 76.3 Å². The molecular weight excluding hydrogens is 532 g/mol. The summed E-state index contributed by atoms with van der Waals surface area (Å²) in [6, 6.07) is 38.8. The minimum absolute atomic E-state index is 0.0749. The van der Waals surface area contributed by atoms with Crippen molar-refractivity contribution in [2.24, 2.45) is 0 Å². The molecule has 1 aliphatic rings. The third kappa shape index (κ3) is 3.65. The van der Waals surface area contributed by atoms with Gasteiger partial charge in [-0.2, -0.15) is 0 Å². The van der Waals surface area contributed by atoms with Crippen molar-refractivity contribution in [2.45, 2.75) is 45.4 Å². The van der Waals surface area contributed by atoms with E-state index in [4.69, 9.17) is 4.42 Å². The van der Waals surface area contributed by atoms with Crippen molar-refractivity contribution >= 4 is 60.1 Å². The quantitative estimate of drug-likeness (QED) is 0.190. The Balaban J connectivity index is 1.42. The summed E-state index contributed by atoms with van der Waals surface area (Å²) < 4.78 is 6.78. The highest BCUT2D eigenvalue weighted by atomic mass is 16.3. The Morgan fingerprint density at radius 1 is 0.614 bits per heavy atom. The highest BCUT2D eigenvalue weighted by Gasteiger charge is 2.25. The Labute approximate surface area is 257 Å². The molecule has 0 amide bonds. The van der Waals surface area contributed by atoms with Gasteiger partial charge in [-0.15, -0.1) is 0 Å². The number of hydrogen-bond acceptors (Lipinski definition) is 1. The lowest BCUT2D eigenvalue weighted by Gasteiger charge is -2.23. The van der Waals surface area contributed by atoms with Gasteiger partial charge in [0.05, 0.1) is 0 Å². The zero-order valence-electron chi connectivity index (χ0n) is 25.7. The van der Waals surface area contributed by atoms with Crippen molar-refractivity contribution in [1.29, 1.82) is 0 Å². The number of furan rings is 1. The van der Waals surface area contributed by atoms with Gasteiger partial charge in [-0.3, -0.25) is 0 Å². The van der Waals surface area contributed by atoms with Gasteiger partial charge in [0.25, 0.3) is 0 Å². The second kappa shape index (κ2) is 9.07. The molecular formula is C43H34O. The minimum atomic E-state index is 0.0749. The van der Waals surface area contributed by atoms with Crippen LogP contribution in [0, 0.1) is 0 Å². The van der Waals surface area contributed by atoms with Gasteiger partial charge >= 0.3 is 0 Å². The summed E-state index contributed by atoms with van der Waals surface area (Å²) >= 11 is 0. The highest BCUT2D eigenvalue weighted by molar-refractivity contribution is 6.29. The van der Waals surface area contributed by atoms with Crippen LogP contribution in [0.4, 0.5) is 0 Å². The Morgan fingerprint density at radius 2 is 1.34 bits per heavy atom. The van der Waals surface area contributed by atoms with Crippen LogP contribution in [0.5, 0.6) is 0 Å². The molecule has 1 nitrogen and oxygen atoms in total. The lowest BCUT2D eigenvalue weighted by atomic mass is 9.81. The average Bonchev–Trinajstić information content (AvgIpc) is 3.43. The fourth-order valence-electron chi connectivity index (χ4n) is 7.57. The fraction of sp³-hybridized carbons (Fsp3) is 0.163. The Morgan fingerprint density at radius 3 is 2.11 bits per heavy atom. The first kappa shape index (κ1) is 25.6. The maximum atomic E-state index is 6.78. The van der Waals surface area contributed by atoms with E-state index in [2.05, 4.69) is 143 Å². The zero-order valence-corrected chi connectivity index (χ0v) is 25.7. The SMILES string of the molecule is CC1CC=Cc2c1oc1c(-c3cc(-c4ccc5ccccc5c4)c4ccc5cc(C(C)(C)C)cc6ccc3c4c56)cccc21. The normalized spacial score (nSPS) is 15.3. The Bertz CT molecular complexity index is 2440. The van der Waals surface area contributed by atoms with Gasteiger partial charge in [0.1, 0.15) is 11.3 Å². The molecule has 0 radical (unpaired) electrons. The Kier molecular flexibility index (Phi) is 5.27. The first-order valence-electron chi connectivity index (χ1n) is 15.8. The van der Waals surface area contributed by atoms with Crippen LogP contribution in [0.2, 0.25) is 0 Å². The fourth-order valence-corrected chi connectivity index (χ4v) is 7.57. The smallest absolute Gasteiger partial charge is 0.142 e. The molecule has 1 aliphatic carbocycles. The summed E-state index contributed by atoms with van der Waals surface area (Å²) in [5.74, 6) is 1.49. The average molecular weight is 567 g/mol. The van der Waals surface area contributed by atoms with E-state index in [-0.39, 0.29) is 5.41 Å². The van der Waals surface area contributed by atoms with Crippen molar-refractivity contribution < 1.29 is 4.42 Å². The van der Waals surface area contributed by atoms with E-state index in [0.29, 0.717) is 5.92 Å². The zero-order chi connectivity index (χ0) is 29.7. The molecule has 1 heterocycles. The number of benzene rings is 7. The van der Waals surface area contributed by atoms with Crippen LogP contribution in [0.3, 0.4) is 0 Å². The number of allylic oxidation sites excluding steroid dienone is 1. The van der Waals surface area contributed by atoms with Gasteiger partial charge in [0.2, 0.25) is 0 Å². The van der Waals surface area contributed by atoms with Gasteiger partial charge in [0, 0.05) is 22.4 Å². The molecule has 1 unspecified atom stereocenters. The third-order valence-electron chi connectivity index (χ3n) is 9.94. The van der Waals surface area contributed by atoms with E-state index in [0.717, 1.165) is 23.3 Å².